The number of carbonyl (C=O) groups is 1. The first-order valence-electron chi connectivity index (χ1n) is 9.72. The van der Waals surface area contributed by atoms with E-state index in [1.165, 1.54) is 57.0 Å². The first-order valence-corrected chi connectivity index (χ1v) is 9.72. The van der Waals surface area contributed by atoms with Crippen LogP contribution in [0.1, 0.15) is 54.0 Å². The molecule has 1 saturated carbocycles. The molecule has 1 fully saturated rings. The van der Waals surface area contributed by atoms with E-state index in [2.05, 4.69) is 31.2 Å². The second-order valence-corrected chi connectivity index (χ2v) is 7.48. The molecule has 1 aliphatic heterocycles. The van der Waals surface area contributed by atoms with E-state index >= 15 is 0 Å². The van der Waals surface area contributed by atoms with E-state index in [0.717, 1.165) is 30.0 Å². The van der Waals surface area contributed by atoms with E-state index in [1.807, 2.05) is 0 Å². The smallest absolute Gasteiger partial charge is 0.272 e. The molecule has 0 saturated heterocycles. The number of hydrogen-bond acceptors (Lipinski definition) is 5. The number of nitrogens with one attached hydrogen (secondary N) is 1. The van der Waals surface area contributed by atoms with Gasteiger partial charge in [0.15, 0.2) is 0 Å². The van der Waals surface area contributed by atoms with E-state index in [4.69, 9.17) is 0 Å². The van der Waals surface area contributed by atoms with Crippen LogP contribution in [0.15, 0.2) is 23.0 Å². The standard InChI is InChI=1S/C19H26N6O2/c1-23-18(26)8-7-17(22-23)19(27)20-12-14-11-16-13-24(9-10-25(16)21-14)15-5-3-2-4-6-15/h7-8,11,15H,2-6,9-10,12-13H2,1H3,(H,20,27). The molecule has 8 heteroatoms. The van der Waals surface area contributed by atoms with Crippen molar-refractivity contribution in [2.24, 2.45) is 7.05 Å². The summed E-state index contributed by atoms with van der Waals surface area (Å²) in [6.07, 6.45) is 6.68. The third-order valence-electron chi connectivity index (χ3n) is 5.59. The molecule has 27 heavy (non-hydrogen) atoms. The predicted molar refractivity (Wildman–Crippen MR) is 100 cm³/mol. The molecular formula is C19H26N6O2. The van der Waals surface area contributed by atoms with Gasteiger partial charge in [-0.3, -0.25) is 19.2 Å². The largest absolute Gasteiger partial charge is 0.345 e. The molecule has 1 aliphatic carbocycles. The van der Waals surface area contributed by atoms with Crippen molar-refractivity contribution in [3.63, 3.8) is 0 Å². The van der Waals surface area contributed by atoms with Gasteiger partial charge < -0.3 is 5.32 Å². The first kappa shape index (κ1) is 17.9. The zero-order chi connectivity index (χ0) is 18.8. The molecule has 2 aromatic rings. The van der Waals surface area contributed by atoms with Crippen LogP contribution in [0.4, 0.5) is 0 Å². The minimum Gasteiger partial charge on any atom is -0.345 e. The Bertz CT molecular complexity index is 881. The van der Waals surface area contributed by atoms with Gasteiger partial charge >= 0.3 is 0 Å². The molecule has 4 rings (SSSR count). The maximum atomic E-state index is 12.3. The monoisotopic (exact) mass is 370 g/mol. The van der Waals surface area contributed by atoms with Crippen molar-refractivity contribution in [2.75, 3.05) is 6.54 Å². The number of amides is 1. The lowest BCUT2D eigenvalue weighted by atomic mass is 9.94. The van der Waals surface area contributed by atoms with E-state index in [0.29, 0.717) is 12.6 Å². The molecule has 0 atom stereocenters. The van der Waals surface area contributed by atoms with Crippen LogP contribution in [0.25, 0.3) is 0 Å². The minimum atomic E-state index is -0.305. The highest BCUT2D eigenvalue weighted by molar-refractivity contribution is 5.91. The van der Waals surface area contributed by atoms with Gasteiger partial charge in [0.1, 0.15) is 5.69 Å². The van der Waals surface area contributed by atoms with Crippen molar-refractivity contribution in [3.8, 4) is 0 Å². The van der Waals surface area contributed by atoms with Crippen LogP contribution in [-0.4, -0.2) is 43.0 Å². The number of nitrogens with zero attached hydrogens (tertiary/aromatic N) is 5. The Kier molecular flexibility index (Phi) is 5.07. The topological polar surface area (TPSA) is 85.1 Å². The van der Waals surface area contributed by atoms with Crippen LogP contribution in [-0.2, 0) is 26.7 Å². The highest BCUT2D eigenvalue weighted by Crippen LogP contribution is 2.26. The Morgan fingerprint density at radius 1 is 1.19 bits per heavy atom. The SMILES string of the molecule is Cn1nc(C(=O)NCc2cc3n(n2)CCN(C2CCCCC2)C3)ccc1=O. The summed E-state index contributed by atoms with van der Waals surface area (Å²) in [5, 5.41) is 11.4. The van der Waals surface area contributed by atoms with Crippen LogP contribution in [0.5, 0.6) is 0 Å². The number of aromatic nitrogens is 4. The minimum absolute atomic E-state index is 0.226. The normalized spacial score (nSPS) is 18.3. The molecule has 8 nitrogen and oxygen atoms in total. The van der Waals surface area contributed by atoms with Crippen LogP contribution in [0, 0.1) is 0 Å². The second-order valence-electron chi connectivity index (χ2n) is 7.48. The lowest BCUT2D eigenvalue weighted by Crippen LogP contribution is -2.42. The summed E-state index contributed by atoms with van der Waals surface area (Å²) in [5.74, 6) is -0.305. The van der Waals surface area contributed by atoms with Gasteiger partial charge in [-0.05, 0) is 25.0 Å². The van der Waals surface area contributed by atoms with Crippen molar-refractivity contribution in [3.05, 3.63) is 45.6 Å². The maximum absolute atomic E-state index is 12.3. The van der Waals surface area contributed by atoms with Crippen LogP contribution in [0.3, 0.4) is 0 Å². The Morgan fingerprint density at radius 2 is 2.00 bits per heavy atom. The molecular weight excluding hydrogens is 344 g/mol. The first-order chi connectivity index (χ1) is 13.1. The summed E-state index contributed by atoms with van der Waals surface area (Å²) in [5.41, 5.74) is 2.06. The van der Waals surface area contributed by atoms with Crippen molar-refractivity contribution >= 4 is 5.91 Å². The summed E-state index contributed by atoms with van der Waals surface area (Å²) in [7, 11) is 1.53. The van der Waals surface area contributed by atoms with Gasteiger partial charge in [-0.15, -0.1) is 0 Å². The number of carbonyl (C=O) groups excluding carboxylic acids is 1. The Labute approximate surface area is 158 Å². The molecule has 1 amide bonds. The molecule has 0 aromatic carbocycles. The number of rotatable bonds is 4. The molecule has 3 heterocycles. The summed E-state index contributed by atoms with van der Waals surface area (Å²) in [6.45, 7) is 3.25. The maximum Gasteiger partial charge on any atom is 0.272 e. The Hall–Kier alpha value is -2.48. The van der Waals surface area contributed by atoms with Crippen LogP contribution >= 0.6 is 0 Å². The number of aryl methyl sites for hydroxylation is 1. The fourth-order valence-electron chi connectivity index (χ4n) is 4.08. The van der Waals surface area contributed by atoms with Crippen molar-refractivity contribution in [1.82, 2.24) is 29.8 Å². The van der Waals surface area contributed by atoms with Crippen molar-refractivity contribution < 1.29 is 4.79 Å². The number of fused-ring (bicyclic) bond motifs is 1. The van der Waals surface area contributed by atoms with E-state index in [-0.39, 0.29) is 17.2 Å². The quantitative estimate of drug-likeness (QED) is 0.870. The second kappa shape index (κ2) is 7.64. The van der Waals surface area contributed by atoms with Gasteiger partial charge in [0.05, 0.1) is 24.5 Å². The Morgan fingerprint density at radius 3 is 2.78 bits per heavy atom. The zero-order valence-electron chi connectivity index (χ0n) is 15.7. The molecule has 2 aromatic heterocycles. The average Bonchev–Trinajstić information content (AvgIpc) is 3.11. The highest BCUT2D eigenvalue weighted by atomic mass is 16.2. The van der Waals surface area contributed by atoms with E-state index in [1.54, 1.807) is 0 Å². The molecule has 0 spiro atoms. The van der Waals surface area contributed by atoms with Gasteiger partial charge in [0.25, 0.3) is 11.5 Å². The lowest BCUT2D eigenvalue weighted by Gasteiger charge is -2.36. The zero-order valence-corrected chi connectivity index (χ0v) is 15.7. The third-order valence-corrected chi connectivity index (χ3v) is 5.59. The number of hydrogen-bond donors (Lipinski definition) is 1. The van der Waals surface area contributed by atoms with Gasteiger partial charge in [-0.2, -0.15) is 10.2 Å². The van der Waals surface area contributed by atoms with E-state index < -0.39 is 0 Å². The van der Waals surface area contributed by atoms with Gasteiger partial charge in [0, 0.05) is 32.2 Å². The molecule has 1 N–H and O–H groups in total. The van der Waals surface area contributed by atoms with Crippen LogP contribution < -0.4 is 10.9 Å². The third kappa shape index (κ3) is 3.95. The fraction of sp³-hybridized carbons (Fsp3) is 0.579. The summed E-state index contributed by atoms with van der Waals surface area (Å²) < 4.78 is 3.22. The van der Waals surface area contributed by atoms with Gasteiger partial charge in [-0.25, -0.2) is 4.68 Å². The molecule has 0 bridgehead atoms. The fourth-order valence-corrected chi connectivity index (χ4v) is 4.08. The molecule has 144 valence electrons. The highest BCUT2D eigenvalue weighted by Gasteiger charge is 2.26. The summed E-state index contributed by atoms with van der Waals surface area (Å²) in [6, 6.07) is 5.58. The van der Waals surface area contributed by atoms with E-state index in [9.17, 15) is 9.59 Å². The van der Waals surface area contributed by atoms with Crippen LogP contribution in [0.2, 0.25) is 0 Å². The molecule has 0 unspecified atom stereocenters. The summed E-state index contributed by atoms with van der Waals surface area (Å²) >= 11 is 0. The van der Waals surface area contributed by atoms with Crippen molar-refractivity contribution in [1.29, 1.82) is 0 Å². The lowest BCUT2D eigenvalue weighted by molar-refractivity contribution is 0.0943. The average molecular weight is 370 g/mol. The van der Waals surface area contributed by atoms with Crippen molar-refractivity contribution in [2.45, 2.75) is 57.8 Å². The predicted octanol–water partition coefficient (Wildman–Crippen LogP) is 1.06. The molecule has 2 aliphatic rings. The Balaban J connectivity index is 1.37. The van der Waals surface area contributed by atoms with Gasteiger partial charge in [-0.1, -0.05) is 19.3 Å². The summed E-state index contributed by atoms with van der Waals surface area (Å²) in [4.78, 5) is 26.2. The molecule has 0 radical (unpaired) electrons. The van der Waals surface area contributed by atoms with Gasteiger partial charge in [0.2, 0.25) is 0 Å².